The highest BCUT2D eigenvalue weighted by Gasteiger charge is 2.28. The van der Waals surface area contributed by atoms with Gasteiger partial charge in [0.2, 0.25) is 0 Å². The third-order valence-corrected chi connectivity index (χ3v) is 4.37. The Morgan fingerprint density at radius 3 is 3.00 bits per heavy atom. The largest absolute Gasteiger partial charge is 0.467 e. The van der Waals surface area contributed by atoms with Crippen molar-refractivity contribution in [2.24, 2.45) is 0 Å². The number of nitrogens with one attached hydrogen (secondary N) is 1. The monoisotopic (exact) mass is 328 g/mol. The van der Waals surface area contributed by atoms with Gasteiger partial charge in [0.15, 0.2) is 0 Å². The fourth-order valence-electron chi connectivity index (χ4n) is 3.23. The van der Waals surface area contributed by atoms with Crippen molar-refractivity contribution in [3.63, 3.8) is 0 Å². The summed E-state index contributed by atoms with van der Waals surface area (Å²) < 4.78 is 10.7. The van der Waals surface area contributed by atoms with Gasteiger partial charge in [0.1, 0.15) is 5.76 Å². The number of anilines is 1. The summed E-state index contributed by atoms with van der Waals surface area (Å²) in [5.74, 6) is 0.861. The van der Waals surface area contributed by atoms with Crippen LogP contribution in [0.3, 0.4) is 0 Å². The Kier molecular flexibility index (Phi) is 5.54. The number of hydrogen-bond donors (Lipinski definition) is 1. The maximum atomic E-state index is 12.8. The van der Waals surface area contributed by atoms with Crippen molar-refractivity contribution in [3.05, 3.63) is 54.0 Å². The first-order valence-electron chi connectivity index (χ1n) is 8.47. The van der Waals surface area contributed by atoms with Crippen molar-refractivity contribution in [3.8, 4) is 0 Å². The number of carbonyl (C=O) groups excluding carboxylic acids is 1. The molecule has 2 aromatic rings. The van der Waals surface area contributed by atoms with Gasteiger partial charge in [-0.15, -0.1) is 0 Å². The van der Waals surface area contributed by atoms with Crippen molar-refractivity contribution in [2.45, 2.75) is 38.3 Å². The minimum Gasteiger partial charge on any atom is -0.467 e. The molecule has 2 heterocycles. The molecule has 1 aliphatic rings. The first-order chi connectivity index (χ1) is 11.8. The molecule has 1 fully saturated rings. The van der Waals surface area contributed by atoms with Gasteiger partial charge in [0.05, 0.1) is 18.9 Å². The maximum absolute atomic E-state index is 12.8. The van der Waals surface area contributed by atoms with Crippen LogP contribution in [-0.2, 0) is 11.3 Å². The topological polar surface area (TPSA) is 54.7 Å². The zero-order valence-electron chi connectivity index (χ0n) is 14.0. The van der Waals surface area contributed by atoms with Gasteiger partial charge in [0.25, 0.3) is 0 Å². The smallest absolute Gasteiger partial charge is 0.322 e. The Hall–Kier alpha value is -2.27. The molecule has 5 nitrogen and oxygen atoms in total. The summed E-state index contributed by atoms with van der Waals surface area (Å²) in [7, 11) is 1.66. The number of likely N-dealkylation sites (tertiary alicyclic amines) is 1. The Morgan fingerprint density at radius 2 is 2.21 bits per heavy atom. The number of ether oxygens (including phenoxy) is 1. The van der Waals surface area contributed by atoms with Crippen molar-refractivity contribution in [2.75, 3.05) is 19.0 Å². The SMILES string of the molecule is COCc1cccc(NC(=O)N2CCCCCC2c2ccco2)c1. The first kappa shape index (κ1) is 16.6. The molecule has 0 radical (unpaired) electrons. The summed E-state index contributed by atoms with van der Waals surface area (Å²) in [5, 5.41) is 3.02. The molecule has 1 unspecified atom stereocenters. The molecule has 3 rings (SSSR count). The highest BCUT2D eigenvalue weighted by Crippen LogP contribution is 2.31. The summed E-state index contributed by atoms with van der Waals surface area (Å²) in [4.78, 5) is 14.7. The van der Waals surface area contributed by atoms with Crippen molar-refractivity contribution >= 4 is 11.7 Å². The summed E-state index contributed by atoms with van der Waals surface area (Å²) >= 11 is 0. The molecule has 1 aromatic carbocycles. The summed E-state index contributed by atoms with van der Waals surface area (Å²) in [6.07, 6.45) is 5.88. The molecule has 0 spiro atoms. The van der Waals surface area contributed by atoms with E-state index in [0.717, 1.165) is 49.2 Å². The fraction of sp³-hybridized carbons (Fsp3) is 0.421. The van der Waals surface area contributed by atoms with Crippen LogP contribution >= 0.6 is 0 Å². The highest BCUT2D eigenvalue weighted by atomic mass is 16.5. The molecule has 0 aliphatic carbocycles. The minimum atomic E-state index is -0.0760. The molecule has 5 heteroatoms. The molecule has 1 aromatic heterocycles. The molecule has 1 N–H and O–H groups in total. The van der Waals surface area contributed by atoms with E-state index in [1.807, 2.05) is 41.3 Å². The van der Waals surface area contributed by atoms with Gasteiger partial charge in [-0.05, 0) is 42.7 Å². The van der Waals surface area contributed by atoms with Gasteiger partial charge < -0.3 is 19.4 Å². The van der Waals surface area contributed by atoms with E-state index in [9.17, 15) is 4.79 Å². The molecule has 1 aliphatic heterocycles. The van der Waals surface area contributed by atoms with E-state index in [4.69, 9.17) is 9.15 Å². The Balaban J connectivity index is 1.75. The lowest BCUT2D eigenvalue weighted by atomic mass is 10.1. The van der Waals surface area contributed by atoms with E-state index in [1.54, 1.807) is 13.4 Å². The third-order valence-electron chi connectivity index (χ3n) is 4.37. The van der Waals surface area contributed by atoms with E-state index >= 15 is 0 Å². The van der Waals surface area contributed by atoms with E-state index in [1.165, 1.54) is 0 Å². The molecular formula is C19H24N2O3. The number of hydrogen-bond acceptors (Lipinski definition) is 3. The van der Waals surface area contributed by atoms with Gasteiger partial charge in [-0.2, -0.15) is 0 Å². The van der Waals surface area contributed by atoms with Gasteiger partial charge in [0, 0.05) is 19.3 Å². The summed E-state index contributed by atoms with van der Waals surface area (Å²) in [6.45, 7) is 1.28. The lowest BCUT2D eigenvalue weighted by molar-refractivity contribution is 0.179. The number of benzene rings is 1. The maximum Gasteiger partial charge on any atom is 0.322 e. The Bertz CT molecular complexity index is 654. The molecule has 0 bridgehead atoms. The van der Waals surface area contributed by atoms with Gasteiger partial charge in [-0.25, -0.2) is 4.79 Å². The number of amides is 2. The predicted molar refractivity (Wildman–Crippen MR) is 92.8 cm³/mol. The zero-order valence-corrected chi connectivity index (χ0v) is 14.0. The molecule has 0 saturated carbocycles. The van der Waals surface area contributed by atoms with Crippen molar-refractivity contribution < 1.29 is 13.9 Å². The van der Waals surface area contributed by atoms with Crippen LogP contribution in [0.15, 0.2) is 47.1 Å². The summed E-state index contributed by atoms with van der Waals surface area (Å²) in [6, 6.07) is 11.5. The summed E-state index contributed by atoms with van der Waals surface area (Å²) in [5.41, 5.74) is 1.82. The number of methoxy groups -OCH3 is 1. The molecular weight excluding hydrogens is 304 g/mol. The molecule has 2 amide bonds. The molecule has 1 atom stereocenters. The molecule has 1 saturated heterocycles. The van der Waals surface area contributed by atoms with Crippen LogP contribution in [0.25, 0.3) is 0 Å². The standard InChI is InChI=1S/C19H24N2O3/c1-23-14-15-7-5-8-16(13-15)20-19(22)21-11-4-2-3-9-17(21)18-10-6-12-24-18/h5-8,10,12-13,17H,2-4,9,11,14H2,1H3,(H,20,22). The third kappa shape index (κ3) is 3.97. The number of furan rings is 1. The van der Waals surface area contributed by atoms with Crippen LogP contribution in [0.1, 0.15) is 43.0 Å². The van der Waals surface area contributed by atoms with Crippen LogP contribution in [-0.4, -0.2) is 24.6 Å². The Morgan fingerprint density at radius 1 is 1.29 bits per heavy atom. The van der Waals surface area contributed by atoms with Crippen LogP contribution in [0, 0.1) is 0 Å². The van der Waals surface area contributed by atoms with E-state index in [0.29, 0.717) is 6.61 Å². The van der Waals surface area contributed by atoms with Crippen molar-refractivity contribution in [1.29, 1.82) is 0 Å². The first-order valence-corrected chi connectivity index (χ1v) is 8.47. The van der Waals surface area contributed by atoms with E-state index < -0.39 is 0 Å². The Labute approximate surface area is 142 Å². The number of nitrogens with zero attached hydrogens (tertiary/aromatic N) is 1. The van der Waals surface area contributed by atoms with Gasteiger partial charge in [-0.3, -0.25) is 0 Å². The molecule has 128 valence electrons. The zero-order chi connectivity index (χ0) is 16.8. The lowest BCUT2D eigenvalue weighted by Gasteiger charge is -2.28. The second-order valence-electron chi connectivity index (χ2n) is 6.14. The van der Waals surface area contributed by atoms with Gasteiger partial charge >= 0.3 is 6.03 Å². The van der Waals surface area contributed by atoms with Crippen LogP contribution in [0.4, 0.5) is 10.5 Å². The van der Waals surface area contributed by atoms with Gasteiger partial charge in [-0.1, -0.05) is 25.0 Å². The lowest BCUT2D eigenvalue weighted by Crippen LogP contribution is -2.37. The predicted octanol–water partition coefficient (Wildman–Crippen LogP) is 4.58. The highest BCUT2D eigenvalue weighted by molar-refractivity contribution is 5.89. The van der Waals surface area contributed by atoms with Crippen LogP contribution in [0.5, 0.6) is 0 Å². The average molecular weight is 328 g/mol. The quantitative estimate of drug-likeness (QED) is 0.894. The second-order valence-corrected chi connectivity index (χ2v) is 6.14. The average Bonchev–Trinajstić information content (AvgIpc) is 2.99. The number of carbonyl (C=O) groups is 1. The van der Waals surface area contributed by atoms with Crippen LogP contribution in [0.2, 0.25) is 0 Å². The second kappa shape index (κ2) is 8.02. The number of rotatable bonds is 4. The fourth-order valence-corrected chi connectivity index (χ4v) is 3.23. The molecule has 24 heavy (non-hydrogen) atoms. The van der Waals surface area contributed by atoms with Crippen LogP contribution < -0.4 is 5.32 Å². The number of urea groups is 1. The minimum absolute atomic E-state index is 0.00431. The normalized spacial score (nSPS) is 18.2. The van der Waals surface area contributed by atoms with Crippen molar-refractivity contribution in [1.82, 2.24) is 4.90 Å². The van der Waals surface area contributed by atoms with E-state index in [-0.39, 0.29) is 12.1 Å². The van der Waals surface area contributed by atoms with E-state index in [2.05, 4.69) is 5.32 Å².